The molecule has 4 heteroatoms. The molecule has 18 heavy (non-hydrogen) atoms. The molecule has 0 heterocycles. The quantitative estimate of drug-likeness (QED) is 0.745. The smallest absolute Gasteiger partial charge is 0.0962 e. The first-order valence-corrected chi connectivity index (χ1v) is 5.58. The van der Waals surface area contributed by atoms with Crippen molar-refractivity contribution in [3.05, 3.63) is 60.2 Å². The molecule has 0 spiro atoms. The minimum absolute atomic E-state index is 0. The Hall–Kier alpha value is -1.71. The number of hydrogen-bond donors (Lipinski definition) is 3. The lowest BCUT2D eigenvalue weighted by Crippen LogP contribution is -2.12. The average Bonchev–Trinajstić information content (AvgIpc) is 2.37. The molecule has 0 aliphatic heterocycles. The van der Waals surface area contributed by atoms with Crippen LogP contribution in [-0.2, 0) is 0 Å². The van der Waals surface area contributed by atoms with E-state index in [1.807, 2.05) is 54.6 Å². The number of nitrogens with one attached hydrogen (secondary N) is 1. The second kappa shape index (κ2) is 6.89. The molecule has 2 aromatic rings. The normalized spacial score (nSPS) is 11.4. The monoisotopic (exact) mass is 264 g/mol. The maximum absolute atomic E-state index is 9.96. The van der Waals surface area contributed by atoms with Gasteiger partial charge in [-0.15, -0.1) is 12.4 Å². The van der Waals surface area contributed by atoms with Crippen LogP contribution in [0.15, 0.2) is 54.6 Å². The number of aliphatic hydroxyl groups excluding tert-OH is 1. The molecule has 2 aromatic carbocycles. The Labute approximate surface area is 113 Å². The third kappa shape index (κ3) is 3.95. The van der Waals surface area contributed by atoms with Crippen molar-refractivity contribution in [1.29, 1.82) is 0 Å². The summed E-state index contributed by atoms with van der Waals surface area (Å²) < 4.78 is 0. The number of nitrogens with two attached hydrogens (primary N) is 1. The fourth-order valence-electron chi connectivity index (χ4n) is 1.66. The van der Waals surface area contributed by atoms with Gasteiger partial charge in [0, 0.05) is 17.9 Å². The lowest BCUT2D eigenvalue weighted by Gasteiger charge is -2.13. The fourth-order valence-corrected chi connectivity index (χ4v) is 1.66. The van der Waals surface area contributed by atoms with Crippen LogP contribution < -0.4 is 11.1 Å². The van der Waals surface area contributed by atoms with Crippen LogP contribution in [0.4, 0.5) is 11.4 Å². The number of halogens is 1. The van der Waals surface area contributed by atoms with Crippen molar-refractivity contribution in [2.75, 3.05) is 17.6 Å². The van der Waals surface area contributed by atoms with Crippen molar-refractivity contribution in [3.63, 3.8) is 0 Å². The summed E-state index contributed by atoms with van der Waals surface area (Å²) in [4.78, 5) is 0. The van der Waals surface area contributed by atoms with Gasteiger partial charge in [-0.3, -0.25) is 0 Å². The third-order valence-corrected chi connectivity index (χ3v) is 2.57. The van der Waals surface area contributed by atoms with E-state index in [0.29, 0.717) is 12.2 Å². The Morgan fingerprint density at radius 1 is 1.06 bits per heavy atom. The highest BCUT2D eigenvalue weighted by atomic mass is 35.5. The van der Waals surface area contributed by atoms with E-state index in [9.17, 15) is 5.11 Å². The van der Waals surface area contributed by atoms with E-state index in [-0.39, 0.29) is 12.4 Å². The molecule has 0 radical (unpaired) electrons. The summed E-state index contributed by atoms with van der Waals surface area (Å²) in [6, 6.07) is 17.1. The predicted octanol–water partition coefficient (Wildman–Crippen LogP) is 2.84. The van der Waals surface area contributed by atoms with Gasteiger partial charge in [0.1, 0.15) is 0 Å². The molecule has 1 atom stereocenters. The zero-order chi connectivity index (χ0) is 12.1. The molecule has 4 N–H and O–H groups in total. The van der Waals surface area contributed by atoms with Gasteiger partial charge in [-0.1, -0.05) is 36.4 Å². The molecule has 0 aliphatic carbocycles. The van der Waals surface area contributed by atoms with E-state index in [4.69, 9.17) is 5.73 Å². The van der Waals surface area contributed by atoms with Crippen LogP contribution in [0.5, 0.6) is 0 Å². The second-order valence-corrected chi connectivity index (χ2v) is 3.93. The second-order valence-electron chi connectivity index (χ2n) is 3.93. The van der Waals surface area contributed by atoms with Crippen molar-refractivity contribution in [1.82, 2.24) is 0 Å². The van der Waals surface area contributed by atoms with Crippen molar-refractivity contribution >= 4 is 23.8 Å². The molecule has 0 unspecified atom stereocenters. The van der Waals surface area contributed by atoms with E-state index in [1.165, 1.54) is 0 Å². The predicted molar refractivity (Wildman–Crippen MR) is 78.0 cm³/mol. The average molecular weight is 265 g/mol. The Morgan fingerprint density at radius 2 is 1.78 bits per heavy atom. The molecule has 0 bridgehead atoms. The molecular weight excluding hydrogens is 248 g/mol. The number of nitrogen functional groups attached to an aromatic ring is 1. The summed E-state index contributed by atoms with van der Waals surface area (Å²) in [6.07, 6.45) is -0.516. The van der Waals surface area contributed by atoms with Crippen LogP contribution in [0.25, 0.3) is 0 Å². The summed E-state index contributed by atoms with van der Waals surface area (Å²) in [6.45, 7) is 0.466. The molecule has 0 aliphatic rings. The number of benzene rings is 2. The van der Waals surface area contributed by atoms with Crippen molar-refractivity contribution in [3.8, 4) is 0 Å². The molecule has 0 fully saturated rings. The van der Waals surface area contributed by atoms with Gasteiger partial charge in [-0.05, 0) is 23.8 Å². The maximum Gasteiger partial charge on any atom is 0.0962 e. The summed E-state index contributed by atoms with van der Waals surface area (Å²) in [7, 11) is 0. The van der Waals surface area contributed by atoms with Crippen LogP contribution in [0.1, 0.15) is 11.7 Å². The van der Waals surface area contributed by atoms with Gasteiger partial charge < -0.3 is 16.2 Å². The van der Waals surface area contributed by atoms with Gasteiger partial charge in [0.15, 0.2) is 0 Å². The highest BCUT2D eigenvalue weighted by Crippen LogP contribution is 2.15. The minimum atomic E-state index is -0.516. The lowest BCUT2D eigenvalue weighted by atomic mass is 10.1. The Kier molecular flexibility index (Phi) is 5.49. The molecule has 0 amide bonds. The number of rotatable bonds is 4. The SMILES string of the molecule is Cl.Nc1cccc(NC[C@H](O)c2ccccc2)c1. The standard InChI is InChI=1S/C14H16N2O.ClH/c15-12-7-4-8-13(9-12)16-10-14(17)11-5-2-1-3-6-11;/h1-9,14,16-17H,10,15H2;1H/t14-;/m0./s1. The maximum atomic E-state index is 9.96. The first-order chi connectivity index (χ1) is 8.25. The Balaban J connectivity index is 0.00000162. The van der Waals surface area contributed by atoms with Crippen molar-refractivity contribution in [2.45, 2.75) is 6.10 Å². The minimum Gasteiger partial charge on any atom is -0.399 e. The number of aliphatic hydroxyl groups is 1. The topological polar surface area (TPSA) is 58.3 Å². The summed E-state index contributed by atoms with van der Waals surface area (Å²) in [5, 5.41) is 13.1. The van der Waals surface area contributed by atoms with Crippen LogP contribution in [-0.4, -0.2) is 11.7 Å². The molecule has 96 valence electrons. The largest absolute Gasteiger partial charge is 0.399 e. The first-order valence-electron chi connectivity index (χ1n) is 5.58. The van der Waals surface area contributed by atoms with E-state index in [0.717, 1.165) is 11.3 Å². The van der Waals surface area contributed by atoms with Gasteiger partial charge >= 0.3 is 0 Å². The van der Waals surface area contributed by atoms with Crippen molar-refractivity contribution < 1.29 is 5.11 Å². The molecular formula is C14H17ClN2O. The first kappa shape index (κ1) is 14.4. The molecule has 0 aromatic heterocycles. The molecule has 3 nitrogen and oxygen atoms in total. The number of anilines is 2. The molecule has 2 rings (SSSR count). The Morgan fingerprint density at radius 3 is 2.44 bits per heavy atom. The third-order valence-electron chi connectivity index (χ3n) is 2.57. The van der Waals surface area contributed by atoms with Crippen LogP contribution in [0, 0.1) is 0 Å². The van der Waals surface area contributed by atoms with E-state index >= 15 is 0 Å². The van der Waals surface area contributed by atoms with Crippen LogP contribution >= 0.6 is 12.4 Å². The van der Waals surface area contributed by atoms with E-state index < -0.39 is 6.10 Å². The fraction of sp³-hybridized carbons (Fsp3) is 0.143. The van der Waals surface area contributed by atoms with Crippen LogP contribution in [0.2, 0.25) is 0 Å². The summed E-state index contributed by atoms with van der Waals surface area (Å²) in [5.74, 6) is 0. The van der Waals surface area contributed by atoms with E-state index in [1.54, 1.807) is 0 Å². The zero-order valence-electron chi connectivity index (χ0n) is 9.91. The van der Waals surface area contributed by atoms with E-state index in [2.05, 4.69) is 5.32 Å². The van der Waals surface area contributed by atoms with Gasteiger partial charge in [0.2, 0.25) is 0 Å². The van der Waals surface area contributed by atoms with Gasteiger partial charge in [0.05, 0.1) is 6.10 Å². The van der Waals surface area contributed by atoms with Gasteiger partial charge in [0.25, 0.3) is 0 Å². The molecule has 0 saturated heterocycles. The van der Waals surface area contributed by atoms with Gasteiger partial charge in [-0.2, -0.15) is 0 Å². The summed E-state index contributed by atoms with van der Waals surface area (Å²) >= 11 is 0. The summed E-state index contributed by atoms with van der Waals surface area (Å²) in [5.41, 5.74) is 8.21. The van der Waals surface area contributed by atoms with Gasteiger partial charge in [-0.25, -0.2) is 0 Å². The number of hydrogen-bond acceptors (Lipinski definition) is 3. The molecule has 0 saturated carbocycles. The van der Waals surface area contributed by atoms with Crippen molar-refractivity contribution in [2.24, 2.45) is 0 Å². The lowest BCUT2D eigenvalue weighted by molar-refractivity contribution is 0.191. The van der Waals surface area contributed by atoms with Crippen LogP contribution in [0.3, 0.4) is 0 Å². The Bertz CT molecular complexity index is 476. The highest BCUT2D eigenvalue weighted by molar-refractivity contribution is 5.85. The zero-order valence-corrected chi connectivity index (χ0v) is 10.7. The highest BCUT2D eigenvalue weighted by Gasteiger charge is 2.05.